The van der Waals surface area contributed by atoms with Crippen LogP contribution in [0.25, 0.3) is 16.8 Å². The number of hydrogen-bond acceptors (Lipinski definition) is 1. The normalized spacial score (nSPS) is 11.0. The third kappa shape index (κ3) is 4.04. The Morgan fingerprint density at radius 1 is 0.957 bits per heavy atom. The van der Waals surface area contributed by atoms with E-state index in [9.17, 15) is 9.18 Å². The van der Waals surface area contributed by atoms with E-state index in [2.05, 4.69) is 23.5 Å². The summed E-state index contributed by atoms with van der Waals surface area (Å²) in [6.45, 7) is 0.470. The second-order valence-corrected chi connectivity index (χ2v) is 5.28. The highest BCUT2D eigenvalue weighted by atomic mass is 19.1. The molecule has 0 radical (unpaired) electrons. The number of fused-ring (bicyclic) bond motifs is 1. The minimum absolute atomic E-state index is 0.178. The van der Waals surface area contributed by atoms with Gasteiger partial charge in [0.1, 0.15) is 5.82 Å². The van der Waals surface area contributed by atoms with Crippen LogP contribution in [-0.2, 0) is 11.3 Å². The fourth-order valence-electron chi connectivity index (χ4n) is 2.34. The molecule has 0 atom stereocenters. The average Bonchev–Trinajstić information content (AvgIpc) is 2.59. The van der Waals surface area contributed by atoms with E-state index >= 15 is 0 Å². The van der Waals surface area contributed by atoms with Crippen molar-refractivity contribution in [3.63, 3.8) is 0 Å². The number of hydrogen-bond donors (Lipinski definition) is 1. The molecule has 1 amide bonds. The zero-order valence-electron chi connectivity index (χ0n) is 12.5. The molecule has 0 unspecified atom stereocenters. The second kappa shape index (κ2) is 6.88. The highest BCUT2D eigenvalue weighted by molar-refractivity contribution is 5.91. The molecule has 1 N–H and O–H groups in total. The summed E-state index contributed by atoms with van der Waals surface area (Å²) in [5, 5.41) is 5.18. The molecule has 23 heavy (non-hydrogen) atoms. The first kappa shape index (κ1) is 15.0. The number of carbonyl (C=O) groups excluding carboxylic acids is 1. The van der Waals surface area contributed by atoms with Crippen LogP contribution in [0.15, 0.2) is 72.8 Å². The van der Waals surface area contributed by atoms with Crippen molar-refractivity contribution in [2.75, 3.05) is 0 Å². The summed E-state index contributed by atoms with van der Waals surface area (Å²) in [6, 6.07) is 20.2. The fourth-order valence-corrected chi connectivity index (χ4v) is 2.34. The van der Waals surface area contributed by atoms with Crippen molar-refractivity contribution in [2.45, 2.75) is 6.54 Å². The molecule has 0 aromatic heterocycles. The largest absolute Gasteiger partial charge is 0.348 e. The molecular weight excluding hydrogens is 289 g/mol. The van der Waals surface area contributed by atoms with Crippen LogP contribution < -0.4 is 5.32 Å². The molecule has 3 aromatic rings. The van der Waals surface area contributed by atoms with Crippen LogP contribution in [0.4, 0.5) is 4.39 Å². The van der Waals surface area contributed by atoms with Crippen LogP contribution in [0.5, 0.6) is 0 Å². The van der Waals surface area contributed by atoms with Crippen molar-refractivity contribution in [3.05, 3.63) is 89.8 Å². The number of amides is 1. The quantitative estimate of drug-likeness (QED) is 0.715. The van der Waals surface area contributed by atoms with E-state index in [1.54, 1.807) is 18.2 Å². The van der Waals surface area contributed by atoms with Crippen molar-refractivity contribution in [1.29, 1.82) is 0 Å². The van der Waals surface area contributed by atoms with E-state index in [-0.39, 0.29) is 11.7 Å². The maximum atomic E-state index is 12.8. The van der Waals surface area contributed by atoms with Crippen LogP contribution in [-0.4, -0.2) is 5.91 Å². The van der Waals surface area contributed by atoms with Crippen LogP contribution >= 0.6 is 0 Å². The Labute approximate surface area is 134 Å². The monoisotopic (exact) mass is 305 g/mol. The number of rotatable bonds is 4. The third-order valence-electron chi connectivity index (χ3n) is 3.58. The number of carbonyl (C=O) groups is 1. The van der Waals surface area contributed by atoms with Crippen molar-refractivity contribution in [3.8, 4) is 0 Å². The van der Waals surface area contributed by atoms with Crippen molar-refractivity contribution >= 4 is 22.8 Å². The molecule has 3 rings (SSSR count). The van der Waals surface area contributed by atoms with Gasteiger partial charge in [0.15, 0.2) is 0 Å². The van der Waals surface area contributed by atoms with Gasteiger partial charge in [0.25, 0.3) is 0 Å². The maximum Gasteiger partial charge on any atom is 0.244 e. The lowest BCUT2D eigenvalue weighted by Gasteiger charge is -2.04. The average molecular weight is 305 g/mol. The predicted molar refractivity (Wildman–Crippen MR) is 91.2 cm³/mol. The topological polar surface area (TPSA) is 29.1 Å². The molecule has 0 aliphatic rings. The van der Waals surface area contributed by atoms with Gasteiger partial charge < -0.3 is 5.32 Å². The second-order valence-electron chi connectivity index (χ2n) is 5.28. The van der Waals surface area contributed by atoms with Gasteiger partial charge in [0, 0.05) is 12.6 Å². The van der Waals surface area contributed by atoms with Gasteiger partial charge in [-0.15, -0.1) is 0 Å². The summed E-state index contributed by atoms with van der Waals surface area (Å²) >= 11 is 0. The summed E-state index contributed by atoms with van der Waals surface area (Å²) in [6.07, 6.45) is 3.11. The summed E-state index contributed by atoms with van der Waals surface area (Å²) in [4.78, 5) is 11.8. The van der Waals surface area contributed by atoms with E-state index in [1.807, 2.05) is 24.3 Å². The highest BCUT2D eigenvalue weighted by Gasteiger charge is 1.99. The van der Waals surface area contributed by atoms with E-state index in [0.29, 0.717) is 6.54 Å². The fraction of sp³-hybridized carbons (Fsp3) is 0.0500. The molecule has 0 aliphatic heterocycles. The van der Waals surface area contributed by atoms with Crippen LogP contribution in [0, 0.1) is 5.82 Å². The van der Waals surface area contributed by atoms with Gasteiger partial charge in [-0.05, 0) is 46.2 Å². The Morgan fingerprint density at radius 2 is 1.70 bits per heavy atom. The minimum atomic E-state index is -0.289. The Hall–Kier alpha value is -2.94. The Bertz CT molecular complexity index is 853. The van der Waals surface area contributed by atoms with Gasteiger partial charge in [-0.3, -0.25) is 4.79 Å². The molecule has 114 valence electrons. The molecule has 2 nitrogen and oxygen atoms in total. The molecule has 0 bridgehead atoms. The van der Waals surface area contributed by atoms with Crippen LogP contribution in [0.2, 0.25) is 0 Å². The SMILES string of the molecule is O=C(/C=C/c1ccc(F)cc1)NCc1ccc2ccccc2c1. The maximum absolute atomic E-state index is 12.8. The van der Waals surface area contributed by atoms with Gasteiger partial charge in [0.05, 0.1) is 0 Å². The molecular formula is C20H16FNO. The van der Waals surface area contributed by atoms with E-state index in [0.717, 1.165) is 16.5 Å². The van der Waals surface area contributed by atoms with Crippen LogP contribution in [0.3, 0.4) is 0 Å². The molecule has 0 heterocycles. The Balaban J connectivity index is 1.60. The van der Waals surface area contributed by atoms with Gasteiger partial charge in [-0.2, -0.15) is 0 Å². The smallest absolute Gasteiger partial charge is 0.244 e. The Kier molecular flexibility index (Phi) is 4.48. The van der Waals surface area contributed by atoms with Gasteiger partial charge in [-0.25, -0.2) is 4.39 Å². The lowest BCUT2D eigenvalue weighted by atomic mass is 10.1. The molecule has 3 heteroatoms. The first-order valence-electron chi connectivity index (χ1n) is 7.40. The van der Waals surface area contributed by atoms with E-state index in [1.165, 1.54) is 23.6 Å². The zero-order valence-corrected chi connectivity index (χ0v) is 12.5. The summed E-state index contributed by atoms with van der Waals surface area (Å²) in [7, 11) is 0. The summed E-state index contributed by atoms with van der Waals surface area (Å²) in [5.41, 5.74) is 1.83. The minimum Gasteiger partial charge on any atom is -0.348 e. The standard InChI is InChI=1S/C20H16FNO/c21-19-10-6-15(7-11-19)8-12-20(23)22-14-16-5-9-17-3-1-2-4-18(17)13-16/h1-13H,14H2,(H,22,23)/b12-8+. The molecule has 0 saturated heterocycles. The summed E-state index contributed by atoms with van der Waals surface area (Å²) < 4.78 is 12.8. The first-order chi connectivity index (χ1) is 11.2. The molecule has 0 aliphatic carbocycles. The molecule has 0 fully saturated rings. The van der Waals surface area contributed by atoms with Crippen LogP contribution in [0.1, 0.15) is 11.1 Å². The zero-order chi connectivity index (χ0) is 16.1. The number of benzene rings is 3. The van der Waals surface area contributed by atoms with Crippen molar-refractivity contribution in [2.24, 2.45) is 0 Å². The summed E-state index contributed by atoms with van der Waals surface area (Å²) in [5.74, 6) is -0.467. The lowest BCUT2D eigenvalue weighted by Crippen LogP contribution is -2.20. The molecule has 0 spiro atoms. The first-order valence-corrected chi connectivity index (χ1v) is 7.40. The van der Waals surface area contributed by atoms with Gasteiger partial charge in [-0.1, -0.05) is 48.5 Å². The van der Waals surface area contributed by atoms with Gasteiger partial charge >= 0.3 is 0 Å². The predicted octanol–water partition coefficient (Wildman–Crippen LogP) is 4.31. The van der Waals surface area contributed by atoms with Crippen molar-refractivity contribution in [1.82, 2.24) is 5.32 Å². The van der Waals surface area contributed by atoms with E-state index < -0.39 is 0 Å². The van der Waals surface area contributed by atoms with E-state index in [4.69, 9.17) is 0 Å². The molecule has 3 aromatic carbocycles. The number of halogens is 1. The third-order valence-corrected chi connectivity index (χ3v) is 3.58. The lowest BCUT2D eigenvalue weighted by molar-refractivity contribution is -0.116. The van der Waals surface area contributed by atoms with Gasteiger partial charge in [0.2, 0.25) is 5.91 Å². The Morgan fingerprint density at radius 3 is 2.48 bits per heavy atom. The van der Waals surface area contributed by atoms with Crippen molar-refractivity contribution < 1.29 is 9.18 Å². The molecule has 0 saturated carbocycles. The number of nitrogens with one attached hydrogen (secondary N) is 1. The highest BCUT2D eigenvalue weighted by Crippen LogP contribution is 2.15.